The first-order chi connectivity index (χ1) is 13.7. The Morgan fingerprint density at radius 1 is 1.11 bits per heavy atom. The highest BCUT2D eigenvalue weighted by Gasteiger charge is 2.20. The highest BCUT2D eigenvalue weighted by atomic mass is 79.9. The van der Waals surface area contributed by atoms with Gasteiger partial charge in [-0.25, -0.2) is 9.97 Å². The van der Waals surface area contributed by atoms with Crippen LogP contribution in [0.3, 0.4) is 0 Å². The molecule has 3 aromatic rings. The largest absolute Gasteiger partial charge is 0.367 e. The second-order valence-corrected chi connectivity index (χ2v) is 8.20. The van der Waals surface area contributed by atoms with Gasteiger partial charge < -0.3 is 5.32 Å². The number of likely N-dealkylation sites (tertiary alicyclic amines) is 1. The number of rotatable bonds is 5. The number of benzene rings is 1. The van der Waals surface area contributed by atoms with Crippen molar-refractivity contribution >= 4 is 21.7 Å². The fraction of sp³-hybridized carbons (Fsp3) is 0.318. The molecule has 1 N–H and O–H groups in total. The number of hydrogen-bond donors (Lipinski definition) is 1. The van der Waals surface area contributed by atoms with E-state index >= 15 is 0 Å². The fourth-order valence-electron chi connectivity index (χ4n) is 3.56. The standard InChI is InChI=1S/C22H24BrN5/c1-16-13-21(27-22(25-16)18-3-2-10-24-14-18)26-20-8-11-28(12-9-20)15-17-4-6-19(23)7-5-17/h2-7,10,13-14,20H,8-9,11-12,15H2,1H3,(H,25,26,27). The number of halogens is 1. The average Bonchev–Trinajstić information content (AvgIpc) is 2.71. The third-order valence-electron chi connectivity index (χ3n) is 5.03. The van der Waals surface area contributed by atoms with Gasteiger partial charge in [-0.05, 0) is 49.6 Å². The minimum atomic E-state index is 0.442. The molecule has 6 heteroatoms. The first kappa shape index (κ1) is 19.0. The summed E-state index contributed by atoms with van der Waals surface area (Å²) < 4.78 is 1.13. The van der Waals surface area contributed by atoms with Gasteiger partial charge in [0.15, 0.2) is 5.82 Å². The zero-order valence-corrected chi connectivity index (χ0v) is 17.6. The van der Waals surface area contributed by atoms with E-state index < -0.39 is 0 Å². The predicted molar refractivity (Wildman–Crippen MR) is 116 cm³/mol. The summed E-state index contributed by atoms with van der Waals surface area (Å²) in [6.45, 7) is 5.20. The molecule has 28 heavy (non-hydrogen) atoms. The highest BCUT2D eigenvalue weighted by Crippen LogP contribution is 2.21. The van der Waals surface area contributed by atoms with Gasteiger partial charge in [-0.15, -0.1) is 0 Å². The van der Waals surface area contributed by atoms with Crippen LogP contribution in [0.4, 0.5) is 5.82 Å². The van der Waals surface area contributed by atoms with Crippen LogP contribution in [0.1, 0.15) is 24.1 Å². The number of aromatic nitrogens is 3. The van der Waals surface area contributed by atoms with Crippen molar-refractivity contribution < 1.29 is 0 Å². The Kier molecular flexibility index (Phi) is 5.98. The number of aryl methyl sites for hydroxylation is 1. The minimum absolute atomic E-state index is 0.442. The van der Waals surface area contributed by atoms with Crippen LogP contribution >= 0.6 is 15.9 Å². The Balaban J connectivity index is 1.36. The maximum absolute atomic E-state index is 4.71. The van der Waals surface area contributed by atoms with E-state index in [1.165, 1.54) is 5.56 Å². The molecular weight excluding hydrogens is 414 g/mol. The first-order valence-corrected chi connectivity index (χ1v) is 10.4. The zero-order chi connectivity index (χ0) is 19.3. The van der Waals surface area contributed by atoms with E-state index in [2.05, 4.69) is 60.4 Å². The maximum Gasteiger partial charge on any atom is 0.163 e. The van der Waals surface area contributed by atoms with Crippen LogP contribution in [0.2, 0.25) is 0 Å². The van der Waals surface area contributed by atoms with Gasteiger partial charge in [-0.2, -0.15) is 0 Å². The fourth-order valence-corrected chi connectivity index (χ4v) is 3.82. The number of nitrogens with one attached hydrogen (secondary N) is 1. The van der Waals surface area contributed by atoms with Crippen molar-refractivity contribution in [2.45, 2.75) is 32.4 Å². The van der Waals surface area contributed by atoms with Crippen molar-refractivity contribution in [1.82, 2.24) is 19.9 Å². The molecule has 2 aromatic heterocycles. The van der Waals surface area contributed by atoms with Crippen molar-refractivity contribution in [3.05, 3.63) is 70.6 Å². The molecule has 1 aromatic carbocycles. The van der Waals surface area contributed by atoms with E-state index in [0.29, 0.717) is 6.04 Å². The van der Waals surface area contributed by atoms with Gasteiger partial charge in [0.2, 0.25) is 0 Å². The van der Waals surface area contributed by atoms with E-state index in [0.717, 1.165) is 59.8 Å². The maximum atomic E-state index is 4.71. The van der Waals surface area contributed by atoms with Crippen LogP contribution in [-0.4, -0.2) is 39.0 Å². The van der Waals surface area contributed by atoms with Crippen molar-refractivity contribution in [2.24, 2.45) is 0 Å². The van der Waals surface area contributed by atoms with Gasteiger partial charge in [-0.3, -0.25) is 9.88 Å². The Morgan fingerprint density at radius 2 is 1.89 bits per heavy atom. The minimum Gasteiger partial charge on any atom is -0.367 e. The summed E-state index contributed by atoms with van der Waals surface area (Å²) in [5, 5.41) is 3.62. The summed E-state index contributed by atoms with van der Waals surface area (Å²) in [6, 6.07) is 15.0. The molecule has 0 radical (unpaired) electrons. The lowest BCUT2D eigenvalue weighted by Gasteiger charge is -2.32. The van der Waals surface area contributed by atoms with Gasteiger partial charge >= 0.3 is 0 Å². The summed E-state index contributed by atoms with van der Waals surface area (Å²) in [5.74, 6) is 1.63. The smallest absolute Gasteiger partial charge is 0.163 e. The normalized spacial score (nSPS) is 15.5. The van der Waals surface area contributed by atoms with Gasteiger partial charge in [0.25, 0.3) is 0 Å². The SMILES string of the molecule is Cc1cc(NC2CCN(Cc3ccc(Br)cc3)CC2)nc(-c2cccnc2)n1. The molecule has 0 aliphatic carbocycles. The van der Waals surface area contributed by atoms with Crippen LogP contribution in [0, 0.1) is 6.92 Å². The Hall–Kier alpha value is -2.31. The van der Waals surface area contributed by atoms with Crippen LogP contribution in [-0.2, 0) is 6.54 Å². The molecule has 0 atom stereocenters. The Morgan fingerprint density at radius 3 is 2.61 bits per heavy atom. The number of anilines is 1. The van der Waals surface area contributed by atoms with Crippen molar-refractivity contribution in [2.75, 3.05) is 18.4 Å². The molecule has 4 rings (SSSR count). The lowest BCUT2D eigenvalue weighted by Crippen LogP contribution is -2.38. The van der Waals surface area contributed by atoms with E-state index in [-0.39, 0.29) is 0 Å². The molecule has 0 bridgehead atoms. The number of piperidine rings is 1. The Bertz CT molecular complexity index is 906. The van der Waals surface area contributed by atoms with Gasteiger partial charge in [0.1, 0.15) is 5.82 Å². The van der Waals surface area contributed by atoms with Gasteiger partial charge in [0.05, 0.1) is 0 Å². The van der Waals surface area contributed by atoms with E-state index in [4.69, 9.17) is 4.98 Å². The third kappa shape index (κ3) is 4.94. The molecule has 3 heterocycles. The number of hydrogen-bond acceptors (Lipinski definition) is 5. The molecule has 0 spiro atoms. The van der Waals surface area contributed by atoms with Crippen LogP contribution in [0.25, 0.3) is 11.4 Å². The second-order valence-electron chi connectivity index (χ2n) is 7.28. The Labute approximate surface area is 174 Å². The van der Waals surface area contributed by atoms with Crippen LogP contribution < -0.4 is 5.32 Å². The first-order valence-electron chi connectivity index (χ1n) is 9.65. The summed E-state index contributed by atoms with van der Waals surface area (Å²) >= 11 is 3.50. The van der Waals surface area contributed by atoms with E-state index in [1.807, 2.05) is 25.1 Å². The molecular formula is C22H24BrN5. The van der Waals surface area contributed by atoms with Crippen molar-refractivity contribution in [1.29, 1.82) is 0 Å². The highest BCUT2D eigenvalue weighted by molar-refractivity contribution is 9.10. The molecule has 1 saturated heterocycles. The summed E-state index contributed by atoms with van der Waals surface area (Å²) in [5.41, 5.74) is 3.27. The van der Waals surface area contributed by atoms with Crippen LogP contribution in [0.5, 0.6) is 0 Å². The molecule has 1 aliphatic rings. The molecule has 0 unspecified atom stereocenters. The lowest BCUT2D eigenvalue weighted by molar-refractivity contribution is 0.211. The summed E-state index contributed by atoms with van der Waals surface area (Å²) in [6.07, 6.45) is 5.79. The lowest BCUT2D eigenvalue weighted by atomic mass is 10.0. The third-order valence-corrected chi connectivity index (χ3v) is 5.56. The van der Waals surface area contributed by atoms with E-state index in [1.54, 1.807) is 12.4 Å². The van der Waals surface area contributed by atoms with Crippen LogP contribution in [0.15, 0.2) is 59.3 Å². The molecule has 1 fully saturated rings. The van der Waals surface area contributed by atoms with Crippen molar-refractivity contribution in [3.8, 4) is 11.4 Å². The predicted octanol–water partition coefficient (Wildman–Crippen LogP) is 4.69. The average molecular weight is 438 g/mol. The van der Waals surface area contributed by atoms with Crippen molar-refractivity contribution in [3.63, 3.8) is 0 Å². The molecule has 144 valence electrons. The molecule has 0 amide bonds. The second kappa shape index (κ2) is 8.80. The molecule has 1 aliphatic heterocycles. The summed E-state index contributed by atoms with van der Waals surface area (Å²) in [7, 11) is 0. The molecule has 5 nitrogen and oxygen atoms in total. The quantitative estimate of drug-likeness (QED) is 0.627. The van der Waals surface area contributed by atoms with Gasteiger partial charge in [-0.1, -0.05) is 28.1 Å². The van der Waals surface area contributed by atoms with Gasteiger partial charge in [0, 0.05) is 59.9 Å². The zero-order valence-electron chi connectivity index (χ0n) is 16.0. The topological polar surface area (TPSA) is 53.9 Å². The van der Waals surface area contributed by atoms with E-state index in [9.17, 15) is 0 Å². The number of nitrogens with zero attached hydrogens (tertiary/aromatic N) is 4. The number of pyridine rings is 1. The monoisotopic (exact) mass is 437 g/mol. The summed E-state index contributed by atoms with van der Waals surface area (Å²) in [4.78, 5) is 16.0. The molecule has 0 saturated carbocycles.